The van der Waals surface area contributed by atoms with Gasteiger partial charge in [-0.3, -0.25) is 24.2 Å². The normalized spacial score (nSPS) is 26.8. The van der Waals surface area contributed by atoms with Crippen LogP contribution in [0.5, 0.6) is 0 Å². The summed E-state index contributed by atoms with van der Waals surface area (Å²) in [5.41, 5.74) is 0. The molecule has 0 spiro atoms. The van der Waals surface area contributed by atoms with Crippen LogP contribution in [0.2, 0.25) is 0 Å². The van der Waals surface area contributed by atoms with Crippen LogP contribution in [0.3, 0.4) is 0 Å². The van der Waals surface area contributed by atoms with E-state index in [4.69, 9.17) is 4.74 Å². The van der Waals surface area contributed by atoms with E-state index >= 15 is 0 Å². The number of likely N-dealkylation sites (N-methyl/N-ethyl adjacent to an activating group) is 1. The molecule has 0 aromatic heterocycles. The highest BCUT2D eigenvalue weighted by Gasteiger charge is 2.41. The summed E-state index contributed by atoms with van der Waals surface area (Å²) >= 11 is 0. The van der Waals surface area contributed by atoms with Gasteiger partial charge in [-0.2, -0.15) is 0 Å². The van der Waals surface area contributed by atoms with Crippen molar-refractivity contribution in [1.29, 1.82) is 0 Å². The largest absolute Gasteiger partial charge is 0.469 e. The number of nitrogens with zero attached hydrogens (tertiary/aromatic N) is 2. The first-order chi connectivity index (χ1) is 8.54. The molecule has 0 aromatic rings. The van der Waals surface area contributed by atoms with E-state index < -0.39 is 0 Å². The third kappa shape index (κ3) is 2.25. The Hall–Kier alpha value is -1.43. The molecule has 18 heavy (non-hydrogen) atoms. The van der Waals surface area contributed by atoms with Crippen molar-refractivity contribution < 1.29 is 19.1 Å². The molecule has 100 valence electrons. The Morgan fingerprint density at radius 2 is 1.89 bits per heavy atom. The molecule has 2 amide bonds. The summed E-state index contributed by atoms with van der Waals surface area (Å²) in [6, 6.07) is -0.332. The minimum atomic E-state index is -0.332. The molecule has 2 fully saturated rings. The quantitative estimate of drug-likeness (QED) is 0.497. The molecular weight excluding hydrogens is 236 g/mol. The molecule has 2 rings (SSSR count). The fraction of sp³-hybridized carbons (Fsp3) is 0.750. The molecule has 0 bridgehead atoms. The second-order valence-corrected chi connectivity index (χ2v) is 4.84. The zero-order valence-electron chi connectivity index (χ0n) is 10.7. The highest BCUT2D eigenvalue weighted by Crippen LogP contribution is 2.24. The molecule has 6 nitrogen and oxygen atoms in total. The van der Waals surface area contributed by atoms with Crippen LogP contribution in [0.1, 0.15) is 19.3 Å². The van der Waals surface area contributed by atoms with Crippen LogP contribution in [0.25, 0.3) is 0 Å². The van der Waals surface area contributed by atoms with E-state index in [2.05, 4.69) is 0 Å². The van der Waals surface area contributed by atoms with Crippen LogP contribution >= 0.6 is 0 Å². The van der Waals surface area contributed by atoms with E-state index in [0.717, 1.165) is 0 Å². The number of esters is 1. The van der Waals surface area contributed by atoms with Crippen LogP contribution in [0.15, 0.2) is 0 Å². The van der Waals surface area contributed by atoms with Crippen molar-refractivity contribution in [2.24, 2.45) is 5.92 Å². The van der Waals surface area contributed by atoms with Crippen LogP contribution < -0.4 is 0 Å². The summed E-state index contributed by atoms with van der Waals surface area (Å²) < 4.78 is 4.72. The lowest BCUT2D eigenvalue weighted by Gasteiger charge is -2.33. The number of ether oxygens (including phenoxy) is 1. The number of carbonyl (C=O) groups is 3. The highest BCUT2D eigenvalue weighted by molar-refractivity contribution is 6.05. The van der Waals surface area contributed by atoms with Gasteiger partial charge in [0.1, 0.15) is 0 Å². The summed E-state index contributed by atoms with van der Waals surface area (Å²) in [6.07, 6.45) is 1.64. The maximum absolute atomic E-state index is 11.9. The summed E-state index contributed by atoms with van der Waals surface area (Å²) in [6.45, 7) is 1.33. The van der Waals surface area contributed by atoms with Gasteiger partial charge in [0.15, 0.2) is 0 Å². The molecule has 2 aliphatic heterocycles. The summed E-state index contributed by atoms with van der Waals surface area (Å²) in [7, 11) is 2.91. The van der Waals surface area contributed by atoms with Gasteiger partial charge in [0.2, 0.25) is 11.8 Å². The molecule has 2 saturated heterocycles. The fourth-order valence-electron chi connectivity index (χ4n) is 2.63. The number of hydrogen-bond acceptors (Lipinski definition) is 5. The average Bonchev–Trinajstić information content (AvgIpc) is 2.66. The molecule has 0 N–H and O–H groups in total. The van der Waals surface area contributed by atoms with Crippen molar-refractivity contribution in [2.45, 2.75) is 25.3 Å². The van der Waals surface area contributed by atoms with Crippen molar-refractivity contribution >= 4 is 17.8 Å². The maximum Gasteiger partial charge on any atom is 0.308 e. The van der Waals surface area contributed by atoms with Crippen molar-refractivity contribution in [2.75, 3.05) is 27.2 Å². The minimum absolute atomic E-state index is 0.0730. The van der Waals surface area contributed by atoms with Crippen molar-refractivity contribution in [3.63, 3.8) is 0 Å². The Balaban J connectivity index is 1.93. The third-order valence-corrected chi connectivity index (χ3v) is 3.86. The molecule has 2 heterocycles. The minimum Gasteiger partial charge on any atom is -0.469 e. The average molecular weight is 254 g/mol. The molecule has 0 aromatic carbocycles. The Labute approximate surface area is 106 Å². The van der Waals surface area contributed by atoms with E-state index in [1.807, 2.05) is 4.90 Å². The number of methoxy groups -OCH3 is 1. The van der Waals surface area contributed by atoms with E-state index in [9.17, 15) is 14.4 Å². The summed E-state index contributed by atoms with van der Waals surface area (Å²) in [4.78, 5) is 37.9. The van der Waals surface area contributed by atoms with Gasteiger partial charge in [-0.05, 0) is 25.9 Å². The first-order valence-corrected chi connectivity index (χ1v) is 6.17. The Morgan fingerprint density at radius 1 is 1.28 bits per heavy atom. The zero-order chi connectivity index (χ0) is 13.3. The van der Waals surface area contributed by atoms with Gasteiger partial charge in [0.25, 0.3) is 0 Å². The molecular formula is C12H18N2O4. The topological polar surface area (TPSA) is 66.9 Å². The van der Waals surface area contributed by atoms with Crippen molar-refractivity contribution in [1.82, 2.24) is 9.80 Å². The zero-order valence-corrected chi connectivity index (χ0v) is 10.7. The van der Waals surface area contributed by atoms with Crippen LogP contribution in [-0.2, 0) is 19.1 Å². The number of hydrogen-bond donors (Lipinski definition) is 0. The molecule has 6 heteroatoms. The number of piperidine rings is 1. The monoisotopic (exact) mass is 254 g/mol. The smallest absolute Gasteiger partial charge is 0.308 e. The van der Waals surface area contributed by atoms with Gasteiger partial charge >= 0.3 is 5.97 Å². The summed E-state index contributed by atoms with van der Waals surface area (Å²) in [5, 5.41) is 0. The molecule has 0 radical (unpaired) electrons. The Morgan fingerprint density at radius 3 is 2.33 bits per heavy atom. The first kappa shape index (κ1) is 13.0. The lowest BCUT2D eigenvalue weighted by Crippen LogP contribution is -2.46. The predicted octanol–water partition coefficient (Wildman–Crippen LogP) is -0.371. The van der Waals surface area contributed by atoms with Gasteiger partial charge in [0, 0.05) is 7.05 Å². The number of likely N-dealkylation sites (tertiary alicyclic amines) is 2. The molecule has 0 saturated carbocycles. The van der Waals surface area contributed by atoms with E-state index in [-0.39, 0.29) is 36.2 Å². The van der Waals surface area contributed by atoms with Gasteiger partial charge in [-0.25, -0.2) is 0 Å². The highest BCUT2D eigenvalue weighted by atomic mass is 16.5. The van der Waals surface area contributed by atoms with E-state index in [0.29, 0.717) is 25.9 Å². The Kier molecular flexibility index (Phi) is 3.65. The maximum atomic E-state index is 11.9. The van der Waals surface area contributed by atoms with Gasteiger partial charge in [-0.15, -0.1) is 0 Å². The number of rotatable bonds is 2. The van der Waals surface area contributed by atoms with E-state index in [1.54, 1.807) is 0 Å². The Bertz CT molecular complexity index is 374. The summed E-state index contributed by atoms with van der Waals surface area (Å²) in [5.74, 6) is -0.506. The fourth-order valence-corrected chi connectivity index (χ4v) is 2.63. The van der Waals surface area contributed by atoms with Crippen LogP contribution in [0, 0.1) is 5.92 Å². The lowest BCUT2D eigenvalue weighted by molar-refractivity contribution is -0.147. The first-order valence-electron chi connectivity index (χ1n) is 6.17. The van der Waals surface area contributed by atoms with Gasteiger partial charge in [0.05, 0.1) is 25.5 Å². The second-order valence-electron chi connectivity index (χ2n) is 4.84. The number of imide groups is 1. The lowest BCUT2D eigenvalue weighted by atomic mass is 9.95. The van der Waals surface area contributed by atoms with Crippen LogP contribution in [0.4, 0.5) is 0 Å². The van der Waals surface area contributed by atoms with Gasteiger partial charge < -0.3 is 4.74 Å². The molecule has 2 aliphatic rings. The molecule has 1 atom stereocenters. The number of amides is 2. The third-order valence-electron chi connectivity index (χ3n) is 3.86. The van der Waals surface area contributed by atoms with Crippen LogP contribution in [-0.4, -0.2) is 60.9 Å². The van der Waals surface area contributed by atoms with Gasteiger partial charge in [-0.1, -0.05) is 0 Å². The predicted molar refractivity (Wildman–Crippen MR) is 62.5 cm³/mol. The molecule has 0 aliphatic carbocycles. The van der Waals surface area contributed by atoms with E-state index in [1.165, 1.54) is 19.1 Å². The molecule has 1 unspecified atom stereocenters. The number of carbonyl (C=O) groups excluding carboxylic acids is 3. The standard InChI is InChI=1S/C12H18N2O4/c1-13-10(15)7-9(11(13)16)14-5-3-8(4-6-14)12(17)18-2/h8-9H,3-7H2,1-2H3. The van der Waals surface area contributed by atoms with Crippen molar-refractivity contribution in [3.8, 4) is 0 Å². The second kappa shape index (κ2) is 5.06. The van der Waals surface area contributed by atoms with Crippen molar-refractivity contribution in [3.05, 3.63) is 0 Å². The SMILES string of the molecule is COC(=O)C1CCN(C2CC(=O)N(C)C2=O)CC1.